The molecule has 1 atom stereocenters. The molecule has 2 N–H and O–H groups in total. The van der Waals surface area contributed by atoms with Crippen molar-refractivity contribution < 1.29 is 9.53 Å². The zero-order chi connectivity index (χ0) is 10.1. The number of methoxy groups -OCH3 is 1. The van der Waals surface area contributed by atoms with Crippen LogP contribution < -0.4 is 5.73 Å². The standard InChI is InChI=1S/C8H14N2O2S/c1-12-8(11)7(10)6-13-5-3-2-4-9/h7H,2-3,5-6,10H2,1H3. The van der Waals surface area contributed by atoms with Gasteiger partial charge in [-0.25, -0.2) is 0 Å². The molecule has 0 bridgehead atoms. The second kappa shape index (κ2) is 7.90. The molecule has 0 aliphatic rings. The third-order valence-electron chi connectivity index (χ3n) is 1.38. The van der Waals surface area contributed by atoms with Crippen LogP contribution in [0.1, 0.15) is 12.8 Å². The highest BCUT2D eigenvalue weighted by Gasteiger charge is 2.12. The van der Waals surface area contributed by atoms with Gasteiger partial charge in [0.15, 0.2) is 0 Å². The quantitative estimate of drug-likeness (QED) is 0.502. The molecule has 0 aromatic rings. The molecule has 0 saturated heterocycles. The van der Waals surface area contributed by atoms with Gasteiger partial charge in [-0.3, -0.25) is 4.79 Å². The molecule has 0 aliphatic carbocycles. The Hall–Kier alpha value is -0.730. The van der Waals surface area contributed by atoms with Crippen molar-refractivity contribution in [1.29, 1.82) is 5.26 Å². The Labute approximate surface area is 82.4 Å². The van der Waals surface area contributed by atoms with Crippen molar-refractivity contribution >= 4 is 17.7 Å². The summed E-state index contributed by atoms with van der Waals surface area (Å²) in [6, 6.07) is 1.51. The number of rotatable bonds is 6. The van der Waals surface area contributed by atoms with Gasteiger partial charge in [-0.05, 0) is 12.2 Å². The van der Waals surface area contributed by atoms with Crippen LogP contribution in [-0.4, -0.2) is 30.6 Å². The smallest absolute Gasteiger partial charge is 0.323 e. The van der Waals surface area contributed by atoms with E-state index in [1.807, 2.05) is 0 Å². The summed E-state index contributed by atoms with van der Waals surface area (Å²) in [5, 5.41) is 8.24. The minimum atomic E-state index is -0.544. The van der Waals surface area contributed by atoms with E-state index in [2.05, 4.69) is 10.8 Å². The van der Waals surface area contributed by atoms with Crippen LogP contribution in [0.3, 0.4) is 0 Å². The number of thioether (sulfide) groups is 1. The largest absolute Gasteiger partial charge is 0.468 e. The van der Waals surface area contributed by atoms with Gasteiger partial charge in [0.05, 0.1) is 13.2 Å². The lowest BCUT2D eigenvalue weighted by Gasteiger charge is -2.07. The van der Waals surface area contributed by atoms with Gasteiger partial charge in [0, 0.05) is 12.2 Å². The summed E-state index contributed by atoms with van der Waals surface area (Å²) in [5.41, 5.74) is 5.48. The SMILES string of the molecule is COC(=O)C(N)CSCCCC#N. The lowest BCUT2D eigenvalue weighted by Crippen LogP contribution is -2.33. The molecule has 0 spiro atoms. The van der Waals surface area contributed by atoms with Gasteiger partial charge in [-0.1, -0.05) is 0 Å². The number of hydrogen-bond acceptors (Lipinski definition) is 5. The fourth-order valence-corrected chi connectivity index (χ4v) is 1.59. The zero-order valence-electron chi connectivity index (χ0n) is 7.66. The highest BCUT2D eigenvalue weighted by molar-refractivity contribution is 7.99. The second-order valence-electron chi connectivity index (χ2n) is 2.47. The van der Waals surface area contributed by atoms with Crippen molar-refractivity contribution in [1.82, 2.24) is 0 Å². The molecule has 0 saturated carbocycles. The minimum Gasteiger partial charge on any atom is -0.468 e. The first kappa shape index (κ1) is 12.3. The normalized spacial score (nSPS) is 11.8. The van der Waals surface area contributed by atoms with Crippen molar-refractivity contribution in [2.75, 3.05) is 18.6 Å². The van der Waals surface area contributed by atoms with Gasteiger partial charge in [0.25, 0.3) is 0 Å². The topological polar surface area (TPSA) is 76.1 Å². The maximum absolute atomic E-state index is 10.8. The van der Waals surface area contributed by atoms with Crippen LogP contribution in [0.5, 0.6) is 0 Å². The molecule has 5 heteroatoms. The Bertz CT molecular complexity index is 191. The van der Waals surface area contributed by atoms with Crippen molar-refractivity contribution in [3.63, 3.8) is 0 Å². The van der Waals surface area contributed by atoms with Crippen LogP contribution in [0.25, 0.3) is 0 Å². The maximum Gasteiger partial charge on any atom is 0.323 e. The van der Waals surface area contributed by atoms with Crippen molar-refractivity contribution in [3.8, 4) is 6.07 Å². The fraction of sp³-hybridized carbons (Fsp3) is 0.750. The summed E-state index contributed by atoms with van der Waals surface area (Å²) >= 11 is 1.57. The van der Waals surface area contributed by atoms with E-state index in [0.29, 0.717) is 12.2 Å². The molecule has 1 unspecified atom stereocenters. The number of carbonyl (C=O) groups is 1. The van der Waals surface area contributed by atoms with Gasteiger partial charge in [0.1, 0.15) is 6.04 Å². The van der Waals surface area contributed by atoms with E-state index in [1.165, 1.54) is 7.11 Å². The van der Waals surface area contributed by atoms with Crippen LogP contribution >= 0.6 is 11.8 Å². The summed E-state index contributed by atoms with van der Waals surface area (Å²) in [5.74, 6) is 1.03. The second-order valence-corrected chi connectivity index (χ2v) is 3.62. The predicted octanol–water partition coefficient (Wildman–Crippen LogP) is 0.524. The number of ether oxygens (including phenoxy) is 1. The number of nitrogens with two attached hydrogens (primary N) is 1. The Morgan fingerprint density at radius 1 is 1.77 bits per heavy atom. The van der Waals surface area contributed by atoms with Gasteiger partial charge in [0.2, 0.25) is 0 Å². The van der Waals surface area contributed by atoms with Crippen LogP contribution in [0.15, 0.2) is 0 Å². The molecule has 4 nitrogen and oxygen atoms in total. The summed E-state index contributed by atoms with van der Waals surface area (Å²) in [4.78, 5) is 10.8. The molecule has 0 rings (SSSR count). The number of hydrogen-bond donors (Lipinski definition) is 1. The average Bonchev–Trinajstić information content (AvgIpc) is 2.16. The molecule has 13 heavy (non-hydrogen) atoms. The van der Waals surface area contributed by atoms with E-state index in [1.54, 1.807) is 11.8 Å². The predicted molar refractivity (Wildman–Crippen MR) is 52.2 cm³/mol. The highest BCUT2D eigenvalue weighted by Crippen LogP contribution is 2.05. The molecule has 0 fully saturated rings. The third-order valence-corrected chi connectivity index (χ3v) is 2.55. The number of nitrogens with zero attached hydrogens (tertiary/aromatic N) is 1. The lowest BCUT2D eigenvalue weighted by atomic mass is 10.4. The molecular weight excluding hydrogens is 188 g/mol. The van der Waals surface area contributed by atoms with Gasteiger partial charge in [-0.15, -0.1) is 0 Å². The number of unbranched alkanes of at least 4 members (excludes halogenated alkanes) is 1. The molecule has 0 aliphatic heterocycles. The molecule has 0 amide bonds. The van der Waals surface area contributed by atoms with E-state index in [-0.39, 0.29) is 5.97 Å². The molecular formula is C8H14N2O2S. The zero-order valence-corrected chi connectivity index (χ0v) is 8.47. The molecule has 0 aromatic carbocycles. The van der Waals surface area contributed by atoms with E-state index in [4.69, 9.17) is 11.0 Å². The third kappa shape index (κ3) is 6.43. The fourth-order valence-electron chi connectivity index (χ4n) is 0.683. The average molecular weight is 202 g/mol. The minimum absolute atomic E-state index is 0.382. The van der Waals surface area contributed by atoms with E-state index in [9.17, 15) is 4.79 Å². The molecule has 74 valence electrons. The summed E-state index contributed by atoms with van der Waals surface area (Å²) in [7, 11) is 1.32. The molecule has 0 radical (unpaired) electrons. The first-order chi connectivity index (χ1) is 6.22. The number of carbonyl (C=O) groups excluding carboxylic acids is 1. The Balaban J connectivity index is 3.32. The Kier molecular flexibility index (Phi) is 7.45. The first-order valence-electron chi connectivity index (χ1n) is 4.00. The summed E-state index contributed by atoms with van der Waals surface area (Å²) < 4.78 is 4.46. The monoisotopic (exact) mass is 202 g/mol. The van der Waals surface area contributed by atoms with Gasteiger partial charge >= 0.3 is 5.97 Å². The Morgan fingerprint density at radius 3 is 3.00 bits per heavy atom. The van der Waals surface area contributed by atoms with Crippen LogP contribution in [0.2, 0.25) is 0 Å². The van der Waals surface area contributed by atoms with Crippen molar-refractivity contribution in [2.24, 2.45) is 5.73 Å². The number of nitriles is 1. The molecule has 0 aromatic heterocycles. The van der Waals surface area contributed by atoms with Crippen molar-refractivity contribution in [2.45, 2.75) is 18.9 Å². The highest BCUT2D eigenvalue weighted by atomic mass is 32.2. The number of esters is 1. The van der Waals surface area contributed by atoms with E-state index in [0.717, 1.165) is 12.2 Å². The molecule has 0 heterocycles. The van der Waals surface area contributed by atoms with Gasteiger partial charge in [-0.2, -0.15) is 17.0 Å². The lowest BCUT2D eigenvalue weighted by molar-refractivity contribution is -0.141. The van der Waals surface area contributed by atoms with E-state index < -0.39 is 6.04 Å². The van der Waals surface area contributed by atoms with Crippen LogP contribution in [0.4, 0.5) is 0 Å². The van der Waals surface area contributed by atoms with Crippen LogP contribution in [-0.2, 0) is 9.53 Å². The summed E-state index contributed by atoms with van der Waals surface area (Å²) in [6.45, 7) is 0. The Morgan fingerprint density at radius 2 is 2.46 bits per heavy atom. The van der Waals surface area contributed by atoms with Crippen LogP contribution in [0, 0.1) is 11.3 Å². The van der Waals surface area contributed by atoms with Crippen molar-refractivity contribution in [3.05, 3.63) is 0 Å². The van der Waals surface area contributed by atoms with Gasteiger partial charge < -0.3 is 10.5 Å². The first-order valence-corrected chi connectivity index (χ1v) is 5.16. The summed E-state index contributed by atoms with van der Waals surface area (Å²) in [6.07, 6.45) is 1.40. The maximum atomic E-state index is 10.8. The van der Waals surface area contributed by atoms with E-state index >= 15 is 0 Å².